The zero-order chi connectivity index (χ0) is 18.5. The van der Waals surface area contributed by atoms with Gasteiger partial charge < -0.3 is 19.7 Å². The van der Waals surface area contributed by atoms with Gasteiger partial charge in [-0.1, -0.05) is 6.07 Å². The van der Waals surface area contributed by atoms with Gasteiger partial charge in [-0.15, -0.1) is 0 Å². The molecule has 3 aromatic heterocycles. The van der Waals surface area contributed by atoms with Crippen molar-refractivity contribution in [1.29, 1.82) is 0 Å². The predicted octanol–water partition coefficient (Wildman–Crippen LogP) is 0.798. The molecule has 0 bridgehead atoms. The maximum absolute atomic E-state index is 12.8. The van der Waals surface area contributed by atoms with Gasteiger partial charge in [-0.05, 0) is 31.0 Å². The molecule has 3 rings (SSSR count). The normalized spacial score (nSPS) is 11.3. The molecule has 0 aliphatic heterocycles. The number of nitrogens with zero attached hydrogens (tertiary/aromatic N) is 3. The summed E-state index contributed by atoms with van der Waals surface area (Å²) in [7, 11) is 1.62. The van der Waals surface area contributed by atoms with Gasteiger partial charge in [0.1, 0.15) is 17.0 Å². The van der Waals surface area contributed by atoms with Crippen LogP contribution in [0, 0.1) is 0 Å². The van der Waals surface area contributed by atoms with Gasteiger partial charge in [-0.3, -0.25) is 14.0 Å². The third-order valence-corrected chi connectivity index (χ3v) is 4.16. The van der Waals surface area contributed by atoms with Crippen molar-refractivity contribution in [2.45, 2.75) is 19.4 Å². The molecule has 8 heteroatoms. The summed E-state index contributed by atoms with van der Waals surface area (Å²) in [4.78, 5) is 29.9. The summed E-state index contributed by atoms with van der Waals surface area (Å²) in [5, 5.41) is 12.0. The maximum Gasteiger partial charge on any atom is 0.267 e. The van der Waals surface area contributed by atoms with Crippen LogP contribution in [-0.2, 0) is 11.3 Å². The number of aliphatic hydroxyl groups is 1. The number of carbonyl (C=O) groups excluding carboxylic acids is 1. The molecular weight excluding hydrogens is 336 g/mol. The molecule has 3 heterocycles. The minimum Gasteiger partial charge on any atom is -0.396 e. The van der Waals surface area contributed by atoms with E-state index in [1.54, 1.807) is 36.1 Å². The van der Waals surface area contributed by atoms with Crippen molar-refractivity contribution < 1.29 is 14.6 Å². The van der Waals surface area contributed by atoms with Crippen LogP contribution >= 0.6 is 0 Å². The second-order valence-corrected chi connectivity index (χ2v) is 5.94. The van der Waals surface area contributed by atoms with E-state index in [1.165, 1.54) is 4.40 Å². The Morgan fingerprint density at radius 2 is 2.19 bits per heavy atom. The minimum absolute atomic E-state index is 0.00536. The average molecular weight is 358 g/mol. The van der Waals surface area contributed by atoms with E-state index in [1.807, 2.05) is 6.07 Å². The summed E-state index contributed by atoms with van der Waals surface area (Å²) in [6, 6.07) is 6.92. The second-order valence-electron chi connectivity index (χ2n) is 5.94. The number of hydrogen-bond acceptors (Lipinski definition) is 5. The number of aryl methyl sites for hydroxylation is 1. The Morgan fingerprint density at radius 3 is 2.96 bits per heavy atom. The highest BCUT2D eigenvalue weighted by molar-refractivity contribution is 5.98. The third-order valence-electron chi connectivity index (χ3n) is 4.16. The molecule has 0 aliphatic rings. The van der Waals surface area contributed by atoms with Crippen molar-refractivity contribution in [1.82, 2.24) is 19.3 Å². The lowest BCUT2D eigenvalue weighted by molar-refractivity contribution is 0.0941. The Balaban J connectivity index is 2.11. The standard InChI is InChI=1S/C18H22N4O4/c1-26-11-5-9-21-14(17(24)19-7-4-10-23)12-13-16(21)20-15-6-2-3-8-22(15)18(13)25/h2-3,6,8,12,23H,4-5,7,9-11H2,1H3,(H,19,24). The largest absolute Gasteiger partial charge is 0.396 e. The molecule has 26 heavy (non-hydrogen) atoms. The molecule has 2 N–H and O–H groups in total. The topological polar surface area (TPSA) is 97.9 Å². The number of amides is 1. The number of carbonyl (C=O) groups is 1. The van der Waals surface area contributed by atoms with Gasteiger partial charge in [-0.2, -0.15) is 0 Å². The highest BCUT2D eigenvalue weighted by Crippen LogP contribution is 2.17. The molecule has 138 valence electrons. The van der Waals surface area contributed by atoms with Crippen LogP contribution in [0.1, 0.15) is 23.3 Å². The van der Waals surface area contributed by atoms with E-state index in [4.69, 9.17) is 9.84 Å². The molecule has 1 amide bonds. The first-order valence-electron chi connectivity index (χ1n) is 8.56. The van der Waals surface area contributed by atoms with Crippen molar-refractivity contribution in [3.63, 3.8) is 0 Å². The Morgan fingerprint density at radius 1 is 1.35 bits per heavy atom. The molecule has 0 atom stereocenters. The van der Waals surface area contributed by atoms with Crippen LogP contribution < -0.4 is 10.9 Å². The summed E-state index contributed by atoms with van der Waals surface area (Å²) in [5.74, 6) is -0.290. The van der Waals surface area contributed by atoms with E-state index in [9.17, 15) is 9.59 Å². The van der Waals surface area contributed by atoms with E-state index >= 15 is 0 Å². The van der Waals surface area contributed by atoms with Crippen LogP contribution in [0.2, 0.25) is 0 Å². The molecule has 0 saturated heterocycles. The predicted molar refractivity (Wildman–Crippen MR) is 97.5 cm³/mol. The quantitative estimate of drug-likeness (QED) is 0.581. The van der Waals surface area contributed by atoms with Crippen molar-refractivity contribution in [2.24, 2.45) is 0 Å². The van der Waals surface area contributed by atoms with Crippen LogP contribution in [0.5, 0.6) is 0 Å². The smallest absolute Gasteiger partial charge is 0.267 e. The molecule has 0 aliphatic carbocycles. The summed E-state index contributed by atoms with van der Waals surface area (Å²) in [6.45, 7) is 1.42. The third kappa shape index (κ3) is 3.47. The Kier molecular flexibility index (Phi) is 5.65. The zero-order valence-corrected chi connectivity index (χ0v) is 14.6. The van der Waals surface area contributed by atoms with Gasteiger partial charge >= 0.3 is 0 Å². The highest BCUT2D eigenvalue weighted by Gasteiger charge is 2.19. The average Bonchev–Trinajstić information content (AvgIpc) is 3.01. The van der Waals surface area contributed by atoms with Crippen LogP contribution in [0.3, 0.4) is 0 Å². The number of fused-ring (bicyclic) bond motifs is 2. The molecule has 0 fully saturated rings. The number of ether oxygens (including phenoxy) is 1. The number of nitrogens with one attached hydrogen (secondary N) is 1. The summed E-state index contributed by atoms with van der Waals surface area (Å²) >= 11 is 0. The van der Waals surface area contributed by atoms with Gasteiger partial charge in [0, 0.05) is 39.6 Å². The number of methoxy groups -OCH3 is 1. The second kappa shape index (κ2) is 8.11. The zero-order valence-electron chi connectivity index (χ0n) is 14.6. The van der Waals surface area contributed by atoms with Crippen molar-refractivity contribution in [3.8, 4) is 0 Å². The van der Waals surface area contributed by atoms with E-state index < -0.39 is 0 Å². The minimum atomic E-state index is -0.290. The van der Waals surface area contributed by atoms with E-state index in [2.05, 4.69) is 10.3 Å². The summed E-state index contributed by atoms with van der Waals surface area (Å²) < 4.78 is 8.33. The lowest BCUT2D eigenvalue weighted by Gasteiger charge is -2.10. The molecule has 0 unspecified atom stereocenters. The fourth-order valence-corrected chi connectivity index (χ4v) is 2.90. The Hall–Kier alpha value is -2.71. The van der Waals surface area contributed by atoms with Crippen LogP contribution in [0.4, 0.5) is 0 Å². The molecular formula is C18H22N4O4. The summed E-state index contributed by atoms with van der Waals surface area (Å²) in [6.07, 6.45) is 2.82. The molecule has 0 saturated carbocycles. The maximum atomic E-state index is 12.8. The monoisotopic (exact) mass is 358 g/mol. The lowest BCUT2D eigenvalue weighted by Crippen LogP contribution is -2.27. The SMILES string of the molecule is COCCCn1c(C(=O)NCCCO)cc2c(=O)n3ccccc3nc21. The number of hydrogen-bond donors (Lipinski definition) is 2. The van der Waals surface area contributed by atoms with Crippen LogP contribution in [0.25, 0.3) is 16.7 Å². The fourth-order valence-electron chi connectivity index (χ4n) is 2.90. The Bertz CT molecular complexity index is 976. The van der Waals surface area contributed by atoms with E-state index in [0.29, 0.717) is 54.9 Å². The highest BCUT2D eigenvalue weighted by atomic mass is 16.5. The van der Waals surface area contributed by atoms with Crippen molar-refractivity contribution in [2.75, 3.05) is 26.9 Å². The first-order valence-corrected chi connectivity index (χ1v) is 8.56. The number of rotatable bonds is 8. The molecule has 3 aromatic rings. The number of aliphatic hydroxyl groups excluding tert-OH is 1. The summed E-state index contributed by atoms with van der Waals surface area (Å²) in [5.41, 5.74) is 1.20. The van der Waals surface area contributed by atoms with Gasteiger partial charge in [0.05, 0.1) is 5.39 Å². The first kappa shape index (κ1) is 18.1. The van der Waals surface area contributed by atoms with Crippen LogP contribution in [0.15, 0.2) is 35.3 Å². The van der Waals surface area contributed by atoms with Gasteiger partial charge in [0.25, 0.3) is 11.5 Å². The lowest BCUT2D eigenvalue weighted by atomic mass is 10.3. The van der Waals surface area contributed by atoms with Crippen molar-refractivity contribution >= 4 is 22.6 Å². The molecule has 0 spiro atoms. The van der Waals surface area contributed by atoms with E-state index in [0.717, 1.165) is 0 Å². The van der Waals surface area contributed by atoms with Gasteiger partial charge in [0.2, 0.25) is 0 Å². The van der Waals surface area contributed by atoms with Crippen molar-refractivity contribution in [3.05, 3.63) is 46.5 Å². The van der Waals surface area contributed by atoms with E-state index in [-0.39, 0.29) is 18.1 Å². The Labute approximate surface area is 150 Å². The number of pyridine rings is 1. The van der Waals surface area contributed by atoms with Crippen LogP contribution in [-0.4, -0.2) is 51.8 Å². The fraction of sp³-hybridized carbons (Fsp3) is 0.389. The molecule has 0 aromatic carbocycles. The van der Waals surface area contributed by atoms with Gasteiger partial charge in [0.15, 0.2) is 0 Å². The first-order chi connectivity index (χ1) is 12.7. The molecule has 0 radical (unpaired) electrons. The number of aromatic nitrogens is 3. The van der Waals surface area contributed by atoms with Gasteiger partial charge in [-0.25, -0.2) is 4.98 Å². The molecule has 8 nitrogen and oxygen atoms in total.